The summed E-state index contributed by atoms with van der Waals surface area (Å²) in [5.41, 5.74) is -0.318. The van der Waals surface area contributed by atoms with E-state index in [9.17, 15) is 18.0 Å². The van der Waals surface area contributed by atoms with E-state index in [1.807, 2.05) is 13.8 Å². The Balaban J connectivity index is 2.45. The maximum atomic E-state index is 12.5. The van der Waals surface area contributed by atoms with E-state index in [0.717, 1.165) is 11.8 Å². The predicted octanol–water partition coefficient (Wildman–Crippen LogP) is 4.03. The monoisotopic (exact) mass is 343 g/mol. The van der Waals surface area contributed by atoms with E-state index in [0.29, 0.717) is 12.8 Å². The van der Waals surface area contributed by atoms with Crippen LogP contribution in [0.2, 0.25) is 0 Å². The van der Waals surface area contributed by atoms with E-state index in [4.69, 9.17) is 0 Å². The molecule has 0 heterocycles. The molecule has 1 saturated carbocycles. The zero-order chi connectivity index (χ0) is 14.7. The number of alkyl halides is 4. The molecule has 0 aliphatic heterocycles. The highest BCUT2D eigenvalue weighted by Gasteiger charge is 2.42. The summed E-state index contributed by atoms with van der Waals surface area (Å²) in [7, 11) is 0. The van der Waals surface area contributed by atoms with E-state index in [-0.39, 0.29) is 30.2 Å². The topological polar surface area (TPSA) is 29.1 Å². The molecule has 112 valence electrons. The molecule has 0 aromatic heterocycles. The van der Waals surface area contributed by atoms with Crippen molar-refractivity contribution in [2.75, 3.05) is 5.33 Å². The fraction of sp³-hybridized carbons (Fsp3) is 0.923. The summed E-state index contributed by atoms with van der Waals surface area (Å²) in [5, 5.41) is 3.71. The van der Waals surface area contributed by atoms with E-state index in [1.165, 1.54) is 0 Å². The molecule has 0 aromatic rings. The molecule has 2 nitrogen and oxygen atoms in total. The van der Waals surface area contributed by atoms with E-state index in [1.54, 1.807) is 0 Å². The van der Waals surface area contributed by atoms with Crippen LogP contribution in [0, 0.1) is 11.8 Å². The van der Waals surface area contributed by atoms with Crippen molar-refractivity contribution in [1.29, 1.82) is 0 Å². The lowest BCUT2D eigenvalue weighted by Crippen LogP contribution is -2.47. The molecule has 6 heteroatoms. The van der Waals surface area contributed by atoms with Gasteiger partial charge in [-0.15, -0.1) is 0 Å². The Labute approximate surface area is 120 Å². The molecule has 1 aliphatic carbocycles. The van der Waals surface area contributed by atoms with Crippen LogP contribution in [-0.2, 0) is 4.79 Å². The van der Waals surface area contributed by atoms with Crippen LogP contribution in [0.25, 0.3) is 0 Å². The van der Waals surface area contributed by atoms with Gasteiger partial charge in [-0.3, -0.25) is 4.79 Å². The second-order valence-corrected chi connectivity index (χ2v) is 6.70. The van der Waals surface area contributed by atoms with E-state index < -0.39 is 12.1 Å². The number of carbonyl (C=O) groups is 1. The smallest absolute Gasteiger partial charge is 0.351 e. The third kappa shape index (κ3) is 5.32. The summed E-state index contributed by atoms with van der Waals surface area (Å²) < 4.78 is 37.6. The summed E-state index contributed by atoms with van der Waals surface area (Å²) in [6.07, 6.45) is -2.52. The van der Waals surface area contributed by atoms with E-state index >= 15 is 0 Å². The van der Waals surface area contributed by atoms with Gasteiger partial charge in [0.15, 0.2) is 0 Å². The lowest BCUT2D eigenvalue weighted by molar-refractivity contribution is -0.184. The molecule has 0 unspecified atom stereocenters. The lowest BCUT2D eigenvalue weighted by Gasteiger charge is -2.32. The first-order valence-corrected chi connectivity index (χ1v) is 7.72. The normalized spacial score (nSPS) is 25.2. The Hall–Kier alpha value is -0.260. The van der Waals surface area contributed by atoms with Gasteiger partial charge in [0.1, 0.15) is 0 Å². The fourth-order valence-electron chi connectivity index (χ4n) is 2.42. The molecule has 1 aliphatic rings. The Bertz CT molecular complexity index is 310. The summed E-state index contributed by atoms with van der Waals surface area (Å²) in [4.78, 5) is 12.0. The number of halogens is 4. The standard InChI is InChI=1S/C13H21BrF3NO/c1-12(2,7-8-14)18-11(19)9-3-5-10(6-4-9)13(15,16)17/h9-10H,3-8H2,1-2H3,(H,18,19). The SMILES string of the molecule is CC(C)(CCBr)NC(=O)C1CCC(C(F)(F)F)CC1. The van der Waals surface area contributed by atoms with Crippen molar-refractivity contribution in [3.05, 3.63) is 0 Å². The summed E-state index contributed by atoms with van der Waals surface area (Å²) in [5.74, 6) is -1.60. The van der Waals surface area contributed by atoms with Gasteiger partial charge in [0.2, 0.25) is 5.91 Å². The van der Waals surface area contributed by atoms with Crippen LogP contribution in [0.15, 0.2) is 0 Å². The fourth-order valence-corrected chi connectivity index (χ4v) is 3.41. The highest BCUT2D eigenvalue weighted by atomic mass is 79.9. The van der Waals surface area contributed by atoms with Crippen LogP contribution < -0.4 is 5.32 Å². The summed E-state index contributed by atoms with van der Waals surface area (Å²) in [6, 6.07) is 0. The molecule has 0 radical (unpaired) electrons. The molecule has 0 saturated heterocycles. The maximum absolute atomic E-state index is 12.5. The van der Waals surface area contributed by atoms with E-state index in [2.05, 4.69) is 21.2 Å². The zero-order valence-corrected chi connectivity index (χ0v) is 12.9. The Morgan fingerprint density at radius 1 is 1.21 bits per heavy atom. The number of carbonyl (C=O) groups excluding carboxylic acids is 1. The van der Waals surface area contributed by atoms with Crippen LogP contribution in [0.1, 0.15) is 46.0 Å². The van der Waals surface area contributed by atoms with Gasteiger partial charge >= 0.3 is 6.18 Å². The largest absolute Gasteiger partial charge is 0.391 e. The van der Waals surface area contributed by atoms with Gasteiger partial charge < -0.3 is 5.32 Å². The molecule has 19 heavy (non-hydrogen) atoms. The van der Waals surface area contributed by atoms with Gasteiger partial charge in [-0.05, 0) is 46.0 Å². The molecular formula is C13H21BrF3NO. The van der Waals surface area contributed by atoms with Crippen molar-refractivity contribution < 1.29 is 18.0 Å². The third-order valence-electron chi connectivity index (χ3n) is 3.74. The van der Waals surface area contributed by atoms with Crippen LogP contribution >= 0.6 is 15.9 Å². The average molecular weight is 344 g/mol. The highest BCUT2D eigenvalue weighted by molar-refractivity contribution is 9.09. The van der Waals surface area contributed by atoms with Gasteiger partial charge in [0, 0.05) is 16.8 Å². The number of nitrogens with one attached hydrogen (secondary N) is 1. The van der Waals surface area contributed by atoms with Gasteiger partial charge in [0.25, 0.3) is 0 Å². The van der Waals surface area contributed by atoms with Crippen molar-refractivity contribution >= 4 is 21.8 Å². The first-order valence-electron chi connectivity index (χ1n) is 6.60. The van der Waals surface area contributed by atoms with Crippen LogP contribution in [-0.4, -0.2) is 23.0 Å². The van der Waals surface area contributed by atoms with Crippen molar-refractivity contribution in [2.24, 2.45) is 11.8 Å². The molecule has 1 rings (SSSR count). The minimum atomic E-state index is -4.11. The minimum Gasteiger partial charge on any atom is -0.351 e. The quantitative estimate of drug-likeness (QED) is 0.767. The van der Waals surface area contributed by atoms with Gasteiger partial charge in [-0.25, -0.2) is 0 Å². The van der Waals surface area contributed by atoms with Crippen molar-refractivity contribution in [3.8, 4) is 0 Å². The molecule has 0 aromatic carbocycles. The minimum absolute atomic E-state index is 0.0699. The van der Waals surface area contributed by atoms with Crippen molar-refractivity contribution in [3.63, 3.8) is 0 Å². The second-order valence-electron chi connectivity index (χ2n) is 5.90. The maximum Gasteiger partial charge on any atom is 0.391 e. The molecule has 0 atom stereocenters. The lowest BCUT2D eigenvalue weighted by atomic mass is 9.81. The van der Waals surface area contributed by atoms with Gasteiger partial charge in [-0.2, -0.15) is 13.2 Å². The van der Waals surface area contributed by atoms with Crippen LogP contribution in [0.3, 0.4) is 0 Å². The average Bonchev–Trinajstić information content (AvgIpc) is 2.27. The van der Waals surface area contributed by atoms with Crippen LogP contribution in [0.5, 0.6) is 0 Å². The Morgan fingerprint density at radius 2 is 1.74 bits per heavy atom. The molecule has 1 fully saturated rings. The van der Waals surface area contributed by atoms with Crippen molar-refractivity contribution in [1.82, 2.24) is 5.32 Å². The molecule has 0 bridgehead atoms. The zero-order valence-electron chi connectivity index (χ0n) is 11.3. The molecule has 1 N–H and O–H groups in total. The number of amides is 1. The van der Waals surface area contributed by atoms with Crippen molar-refractivity contribution in [2.45, 2.75) is 57.7 Å². The van der Waals surface area contributed by atoms with Gasteiger partial charge in [-0.1, -0.05) is 15.9 Å². The first kappa shape index (κ1) is 16.8. The number of hydrogen-bond acceptors (Lipinski definition) is 1. The number of rotatable bonds is 4. The van der Waals surface area contributed by atoms with Crippen LogP contribution in [0.4, 0.5) is 13.2 Å². The Kier molecular flexibility index (Phi) is 5.71. The molecular weight excluding hydrogens is 323 g/mol. The molecule has 0 spiro atoms. The predicted molar refractivity (Wildman–Crippen MR) is 72.1 cm³/mol. The third-order valence-corrected chi connectivity index (χ3v) is 4.14. The first-order chi connectivity index (χ1) is 8.65. The summed E-state index contributed by atoms with van der Waals surface area (Å²) in [6.45, 7) is 3.85. The Morgan fingerprint density at radius 3 is 2.16 bits per heavy atom. The highest BCUT2D eigenvalue weighted by Crippen LogP contribution is 2.39. The number of hydrogen-bond donors (Lipinski definition) is 1. The summed E-state index contributed by atoms with van der Waals surface area (Å²) >= 11 is 3.32. The molecule has 1 amide bonds. The second kappa shape index (κ2) is 6.46. The van der Waals surface area contributed by atoms with Gasteiger partial charge in [0.05, 0.1) is 5.92 Å².